The van der Waals surface area contributed by atoms with Crippen LogP contribution in [0, 0.1) is 6.92 Å². The first-order chi connectivity index (χ1) is 11.9. The monoisotopic (exact) mass is 359 g/mol. The lowest BCUT2D eigenvalue weighted by Crippen LogP contribution is -2.26. The maximum absolute atomic E-state index is 12.3. The zero-order valence-electron chi connectivity index (χ0n) is 14.7. The molecule has 0 aliphatic carbocycles. The van der Waals surface area contributed by atoms with E-state index in [1.165, 1.54) is 0 Å². The number of Topliss-reactive ketones (excluding diaryl/α,β-unsaturated/α-hetero) is 1. The Balaban J connectivity index is 1.93. The van der Waals surface area contributed by atoms with Gasteiger partial charge in [-0.2, -0.15) is 0 Å². The molecule has 0 aliphatic heterocycles. The normalized spacial score (nSPS) is 10.4. The van der Waals surface area contributed by atoms with Crippen LogP contribution in [0.4, 0.5) is 0 Å². The number of hydrogen-bond donors (Lipinski definition) is 0. The Hall–Kier alpha value is -2.33. The number of ketones is 1. The lowest BCUT2D eigenvalue weighted by molar-refractivity contribution is -0.130. The van der Waals surface area contributed by atoms with Gasteiger partial charge < -0.3 is 9.64 Å². The summed E-state index contributed by atoms with van der Waals surface area (Å²) in [6, 6.07) is 12.7. The summed E-state index contributed by atoms with van der Waals surface area (Å²) in [4.78, 5) is 26.1. The SMILES string of the molecule is COc1ccc(Cl)cc1CN(C)C(=O)CCC(=O)c1ccc(C)cc1. The average molecular weight is 360 g/mol. The maximum atomic E-state index is 12.3. The molecule has 0 fully saturated rings. The van der Waals surface area contributed by atoms with E-state index in [1.54, 1.807) is 49.4 Å². The van der Waals surface area contributed by atoms with Crippen molar-refractivity contribution in [1.29, 1.82) is 0 Å². The molecule has 25 heavy (non-hydrogen) atoms. The summed E-state index contributed by atoms with van der Waals surface area (Å²) < 4.78 is 5.30. The van der Waals surface area contributed by atoms with E-state index < -0.39 is 0 Å². The standard InChI is InChI=1S/C20H22ClNO3/c1-14-4-6-15(7-5-14)18(23)9-11-20(24)22(2)13-16-12-17(21)8-10-19(16)25-3/h4-8,10,12H,9,11,13H2,1-3H3. The van der Waals surface area contributed by atoms with E-state index in [4.69, 9.17) is 16.3 Å². The second kappa shape index (κ2) is 8.67. The van der Waals surface area contributed by atoms with Crippen molar-refractivity contribution in [3.05, 3.63) is 64.2 Å². The molecule has 0 heterocycles. The quantitative estimate of drug-likeness (QED) is 0.693. The van der Waals surface area contributed by atoms with E-state index in [-0.39, 0.29) is 24.5 Å². The Morgan fingerprint density at radius 3 is 2.40 bits per heavy atom. The molecule has 0 N–H and O–H groups in total. The molecule has 0 atom stereocenters. The molecule has 0 aromatic heterocycles. The molecule has 4 nitrogen and oxygen atoms in total. The number of hydrogen-bond acceptors (Lipinski definition) is 3. The highest BCUT2D eigenvalue weighted by atomic mass is 35.5. The molecule has 0 bridgehead atoms. The largest absolute Gasteiger partial charge is 0.496 e. The molecule has 2 aromatic rings. The van der Waals surface area contributed by atoms with Gasteiger partial charge in [-0.15, -0.1) is 0 Å². The Labute approximate surface area is 153 Å². The summed E-state index contributed by atoms with van der Waals surface area (Å²) in [7, 11) is 3.29. The van der Waals surface area contributed by atoms with Gasteiger partial charge in [-0.05, 0) is 25.1 Å². The number of ether oxygens (including phenoxy) is 1. The number of rotatable bonds is 7. The number of methoxy groups -OCH3 is 1. The number of nitrogens with zero attached hydrogens (tertiary/aromatic N) is 1. The second-order valence-corrected chi connectivity index (χ2v) is 6.43. The van der Waals surface area contributed by atoms with E-state index in [0.29, 0.717) is 22.9 Å². The second-order valence-electron chi connectivity index (χ2n) is 6.00. The summed E-state index contributed by atoms with van der Waals surface area (Å²) in [5.74, 6) is 0.560. The number of carbonyl (C=O) groups is 2. The zero-order chi connectivity index (χ0) is 18.4. The fourth-order valence-corrected chi connectivity index (χ4v) is 2.70. The van der Waals surface area contributed by atoms with Gasteiger partial charge in [0.2, 0.25) is 5.91 Å². The third kappa shape index (κ3) is 5.33. The van der Waals surface area contributed by atoms with Crippen LogP contribution in [0.3, 0.4) is 0 Å². The Morgan fingerprint density at radius 2 is 1.76 bits per heavy atom. The van der Waals surface area contributed by atoms with Crippen molar-refractivity contribution in [3.8, 4) is 5.75 Å². The predicted molar refractivity (Wildman–Crippen MR) is 99.2 cm³/mol. The van der Waals surface area contributed by atoms with Crippen LogP contribution in [-0.4, -0.2) is 30.7 Å². The summed E-state index contributed by atoms with van der Waals surface area (Å²) >= 11 is 6.01. The van der Waals surface area contributed by atoms with Crippen molar-refractivity contribution in [2.75, 3.05) is 14.2 Å². The highest BCUT2D eigenvalue weighted by Crippen LogP contribution is 2.24. The van der Waals surface area contributed by atoms with Gasteiger partial charge in [-0.3, -0.25) is 9.59 Å². The number of aryl methyl sites for hydroxylation is 1. The molecular formula is C20H22ClNO3. The minimum Gasteiger partial charge on any atom is -0.496 e. The fourth-order valence-electron chi connectivity index (χ4n) is 2.51. The average Bonchev–Trinajstić information content (AvgIpc) is 2.60. The first kappa shape index (κ1) is 19.0. The van der Waals surface area contributed by atoms with E-state index >= 15 is 0 Å². The highest BCUT2D eigenvalue weighted by Gasteiger charge is 2.15. The first-order valence-corrected chi connectivity index (χ1v) is 8.44. The zero-order valence-corrected chi connectivity index (χ0v) is 15.5. The predicted octanol–water partition coefficient (Wildman–Crippen LogP) is 4.28. The molecule has 2 aromatic carbocycles. The summed E-state index contributed by atoms with van der Waals surface area (Å²) in [5, 5.41) is 0.589. The summed E-state index contributed by atoms with van der Waals surface area (Å²) in [6.45, 7) is 2.35. The van der Waals surface area contributed by atoms with Crippen LogP contribution >= 0.6 is 11.6 Å². The Bertz CT molecular complexity index is 756. The Morgan fingerprint density at radius 1 is 1.08 bits per heavy atom. The van der Waals surface area contributed by atoms with Crippen LogP contribution < -0.4 is 4.74 Å². The lowest BCUT2D eigenvalue weighted by Gasteiger charge is -2.19. The van der Waals surface area contributed by atoms with Crippen molar-refractivity contribution in [2.45, 2.75) is 26.3 Å². The van der Waals surface area contributed by atoms with E-state index in [1.807, 2.05) is 19.1 Å². The fraction of sp³-hybridized carbons (Fsp3) is 0.300. The van der Waals surface area contributed by atoms with Gasteiger partial charge in [0.15, 0.2) is 5.78 Å². The van der Waals surface area contributed by atoms with Crippen LogP contribution in [0.25, 0.3) is 0 Å². The van der Waals surface area contributed by atoms with Crippen molar-refractivity contribution in [1.82, 2.24) is 4.90 Å². The van der Waals surface area contributed by atoms with E-state index in [0.717, 1.165) is 11.1 Å². The van der Waals surface area contributed by atoms with Crippen LogP contribution in [0.2, 0.25) is 5.02 Å². The van der Waals surface area contributed by atoms with E-state index in [2.05, 4.69) is 0 Å². The number of amides is 1. The van der Waals surface area contributed by atoms with E-state index in [9.17, 15) is 9.59 Å². The van der Waals surface area contributed by atoms with Gasteiger partial charge in [0.25, 0.3) is 0 Å². The number of halogens is 1. The van der Waals surface area contributed by atoms with Crippen molar-refractivity contribution < 1.29 is 14.3 Å². The van der Waals surface area contributed by atoms with Gasteiger partial charge in [0, 0.05) is 42.6 Å². The van der Waals surface area contributed by atoms with Gasteiger partial charge in [0.1, 0.15) is 5.75 Å². The first-order valence-electron chi connectivity index (χ1n) is 8.07. The molecule has 0 spiro atoms. The van der Waals surface area contributed by atoms with Gasteiger partial charge >= 0.3 is 0 Å². The van der Waals surface area contributed by atoms with Crippen LogP contribution in [0.15, 0.2) is 42.5 Å². The molecule has 2 rings (SSSR count). The molecule has 0 radical (unpaired) electrons. The Kier molecular flexibility index (Phi) is 6.59. The van der Waals surface area contributed by atoms with Crippen LogP contribution in [-0.2, 0) is 11.3 Å². The molecule has 0 unspecified atom stereocenters. The molecular weight excluding hydrogens is 338 g/mol. The number of benzene rings is 2. The van der Waals surface area contributed by atoms with Crippen molar-refractivity contribution >= 4 is 23.3 Å². The van der Waals surface area contributed by atoms with Crippen LogP contribution in [0.1, 0.15) is 34.3 Å². The minimum absolute atomic E-state index is 0.0258. The van der Waals surface area contributed by atoms with Crippen molar-refractivity contribution in [3.63, 3.8) is 0 Å². The maximum Gasteiger partial charge on any atom is 0.223 e. The third-order valence-corrected chi connectivity index (χ3v) is 4.25. The van der Waals surface area contributed by atoms with Gasteiger partial charge in [-0.25, -0.2) is 0 Å². The summed E-state index contributed by atoms with van der Waals surface area (Å²) in [6.07, 6.45) is 0.366. The lowest BCUT2D eigenvalue weighted by atomic mass is 10.0. The third-order valence-electron chi connectivity index (χ3n) is 4.02. The highest BCUT2D eigenvalue weighted by molar-refractivity contribution is 6.30. The molecule has 132 valence electrons. The van der Waals surface area contributed by atoms with Gasteiger partial charge in [-0.1, -0.05) is 41.4 Å². The smallest absolute Gasteiger partial charge is 0.223 e. The summed E-state index contributed by atoms with van der Waals surface area (Å²) in [5.41, 5.74) is 2.57. The minimum atomic E-state index is -0.0949. The van der Waals surface area contributed by atoms with Crippen LogP contribution in [0.5, 0.6) is 5.75 Å². The molecule has 1 amide bonds. The topological polar surface area (TPSA) is 46.6 Å². The molecule has 5 heteroatoms. The van der Waals surface area contributed by atoms with Gasteiger partial charge in [0.05, 0.1) is 7.11 Å². The van der Waals surface area contributed by atoms with Crippen molar-refractivity contribution in [2.24, 2.45) is 0 Å². The molecule has 0 aliphatic rings. The number of carbonyl (C=O) groups excluding carboxylic acids is 2. The molecule has 0 saturated carbocycles. The molecule has 0 saturated heterocycles.